The number of ether oxygens (including phenoxy) is 3. The molecule has 0 aromatic carbocycles. The van der Waals surface area contributed by atoms with Crippen LogP contribution in [0.3, 0.4) is 0 Å². The Morgan fingerprint density at radius 3 is 2.57 bits per heavy atom. The summed E-state index contributed by atoms with van der Waals surface area (Å²) in [5.74, 6) is 0.120. The quantitative estimate of drug-likeness (QED) is 0.586. The van der Waals surface area contributed by atoms with Crippen molar-refractivity contribution in [3.05, 3.63) is 0 Å². The average Bonchev–Trinajstić information content (AvgIpc) is 2.62. The number of hydrogen-bond donors (Lipinski definition) is 3. The Hall–Kier alpha value is -0.480. The Labute approximate surface area is 175 Å². The van der Waals surface area contributed by atoms with Crippen molar-refractivity contribution >= 4 is 18.3 Å². The summed E-state index contributed by atoms with van der Waals surface area (Å²) >= 11 is 0. The first kappa shape index (κ1) is 27.5. The molecule has 1 unspecified atom stereocenters. The smallest absolute Gasteiger partial charge is 0.248 e. The molecule has 8 nitrogen and oxygen atoms in total. The van der Waals surface area contributed by atoms with E-state index in [4.69, 9.17) is 14.2 Å². The number of carbonyl (C=O) groups is 1. The molecule has 28 heavy (non-hydrogen) atoms. The Morgan fingerprint density at radius 2 is 1.96 bits per heavy atom. The second-order valence-electron chi connectivity index (χ2n) is 7.51. The lowest BCUT2D eigenvalue weighted by Gasteiger charge is -2.40. The number of carbonyl (C=O) groups excluding carboxylic acids is 1. The van der Waals surface area contributed by atoms with Crippen LogP contribution in [0.4, 0.5) is 0 Å². The zero-order chi connectivity index (χ0) is 20.2. The number of aliphatic hydroxyl groups excluding tert-OH is 2. The van der Waals surface area contributed by atoms with Gasteiger partial charge in [0.05, 0.1) is 12.6 Å². The summed E-state index contributed by atoms with van der Waals surface area (Å²) in [6.45, 7) is 6.61. The van der Waals surface area contributed by atoms with Gasteiger partial charge in [-0.3, -0.25) is 4.79 Å². The van der Waals surface area contributed by atoms with Crippen molar-refractivity contribution in [3.63, 3.8) is 0 Å². The lowest BCUT2D eigenvalue weighted by molar-refractivity contribution is -0.152. The first-order valence-corrected chi connectivity index (χ1v) is 9.88. The zero-order valence-corrected chi connectivity index (χ0v) is 18.5. The maximum atomic E-state index is 12.7. The first-order chi connectivity index (χ1) is 12.9. The minimum Gasteiger partial charge on any atom is -0.388 e. The number of nitrogens with one attached hydrogen (secondary N) is 1. The van der Waals surface area contributed by atoms with Crippen LogP contribution in [0, 0.1) is 5.92 Å². The standard InChI is InChI=1S/C19H38N2O6.ClH/c1-14(2)11-15-19(26-4)18(24)16(22)12-27-10-6-5-7-20-8-9-21(15)17(23)13-25-3;/h14-16,18-20,22,24H,5-13H2,1-4H3;1H/t15?,16-,18-,19-;/m0./s1. The van der Waals surface area contributed by atoms with Gasteiger partial charge in [-0.2, -0.15) is 0 Å². The highest BCUT2D eigenvalue weighted by Crippen LogP contribution is 2.22. The van der Waals surface area contributed by atoms with Crippen LogP contribution < -0.4 is 5.32 Å². The number of rotatable bonds is 5. The molecule has 0 aromatic rings. The van der Waals surface area contributed by atoms with E-state index in [1.807, 2.05) is 0 Å². The summed E-state index contributed by atoms with van der Waals surface area (Å²) in [5.41, 5.74) is 0. The highest BCUT2D eigenvalue weighted by molar-refractivity contribution is 5.85. The molecule has 1 aliphatic heterocycles. The normalized spacial score (nSPS) is 28.5. The van der Waals surface area contributed by atoms with Gasteiger partial charge in [-0.25, -0.2) is 0 Å². The fraction of sp³-hybridized carbons (Fsp3) is 0.947. The summed E-state index contributed by atoms with van der Waals surface area (Å²) in [6, 6.07) is -0.382. The van der Waals surface area contributed by atoms with Crippen molar-refractivity contribution in [2.75, 3.05) is 53.7 Å². The molecule has 3 N–H and O–H groups in total. The van der Waals surface area contributed by atoms with Crippen LogP contribution in [0.2, 0.25) is 0 Å². The molecule has 1 amide bonds. The number of aliphatic hydroxyl groups is 2. The number of amides is 1. The maximum absolute atomic E-state index is 12.7. The van der Waals surface area contributed by atoms with Gasteiger partial charge in [-0.1, -0.05) is 13.8 Å². The molecule has 1 heterocycles. The maximum Gasteiger partial charge on any atom is 0.248 e. The predicted octanol–water partition coefficient (Wildman–Crippen LogP) is 0.435. The highest BCUT2D eigenvalue weighted by atomic mass is 35.5. The molecule has 0 spiro atoms. The van der Waals surface area contributed by atoms with Crippen LogP contribution in [-0.2, 0) is 19.0 Å². The molecule has 1 saturated heterocycles. The van der Waals surface area contributed by atoms with Crippen molar-refractivity contribution < 1.29 is 29.2 Å². The zero-order valence-electron chi connectivity index (χ0n) is 17.6. The molecule has 0 aliphatic carbocycles. The van der Waals surface area contributed by atoms with Crippen LogP contribution in [-0.4, -0.2) is 99.0 Å². The molecule has 4 atom stereocenters. The van der Waals surface area contributed by atoms with Gasteiger partial charge in [0.15, 0.2) is 0 Å². The largest absolute Gasteiger partial charge is 0.388 e. The number of nitrogens with zero attached hydrogens (tertiary/aromatic N) is 1. The number of methoxy groups -OCH3 is 2. The third-order valence-corrected chi connectivity index (χ3v) is 4.79. The van der Waals surface area contributed by atoms with E-state index in [-0.39, 0.29) is 43.5 Å². The van der Waals surface area contributed by atoms with E-state index in [2.05, 4.69) is 19.2 Å². The molecule has 168 valence electrons. The van der Waals surface area contributed by atoms with Gasteiger partial charge < -0.3 is 34.6 Å². The van der Waals surface area contributed by atoms with Gasteiger partial charge in [-0.15, -0.1) is 12.4 Å². The predicted molar refractivity (Wildman–Crippen MR) is 110 cm³/mol. The molecule has 9 heteroatoms. The number of hydrogen-bond acceptors (Lipinski definition) is 7. The third kappa shape index (κ3) is 9.35. The van der Waals surface area contributed by atoms with E-state index in [1.165, 1.54) is 14.2 Å². The third-order valence-electron chi connectivity index (χ3n) is 4.79. The van der Waals surface area contributed by atoms with Crippen LogP contribution in [0.5, 0.6) is 0 Å². The lowest BCUT2D eigenvalue weighted by atomic mass is 9.92. The van der Waals surface area contributed by atoms with Gasteiger partial charge in [0, 0.05) is 33.9 Å². The van der Waals surface area contributed by atoms with Gasteiger partial charge >= 0.3 is 0 Å². The van der Waals surface area contributed by atoms with E-state index in [0.29, 0.717) is 26.1 Å². The average molecular weight is 427 g/mol. The van der Waals surface area contributed by atoms with Crippen molar-refractivity contribution in [3.8, 4) is 0 Å². The summed E-state index contributed by atoms with van der Waals surface area (Å²) in [4.78, 5) is 14.4. The minimum atomic E-state index is -1.16. The van der Waals surface area contributed by atoms with Crippen LogP contribution in [0.25, 0.3) is 0 Å². The van der Waals surface area contributed by atoms with E-state index in [0.717, 1.165) is 19.4 Å². The molecule has 0 radical (unpaired) electrons. The van der Waals surface area contributed by atoms with E-state index in [9.17, 15) is 15.0 Å². The molecule has 1 aliphatic rings. The van der Waals surface area contributed by atoms with E-state index < -0.39 is 18.3 Å². The summed E-state index contributed by atoms with van der Waals surface area (Å²) < 4.78 is 16.1. The fourth-order valence-corrected chi connectivity index (χ4v) is 3.43. The fourth-order valence-electron chi connectivity index (χ4n) is 3.43. The summed E-state index contributed by atoms with van der Waals surface area (Å²) in [7, 11) is 2.98. The summed E-state index contributed by atoms with van der Waals surface area (Å²) in [5, 5.41) is 24.4. The molecular weight excluding hydrogens is 388 g/mol. The Balaban J connectivity index is 0.00000729. The Bertz CT molecular complexity index is 416. The second kappa shape index (κ2) is 15.4. The Morgan fingerprint density at radius 1 is 1.25 bits per heavy atom. The van der Waals surface area contributed by atoms with Crippen molar-refractivity contribution in [1.29, 1.82) is 0 Å². The van der Waals surface area contributed by atoms with Crippen molar-refractivity contribution in [2.24, 2.45) is 5.92 Å². The van der Waals surface area contributed by atoms with Crippen LogP contribution in [0.15, 0.2) is 0 Å². The molecule has 0 bridgehead atoms. The molecule has 0 aromatic heterocycles. The van der Waals surface area contributed by atoms with E-state index >= 15 is 0 Å². The molecular formula is C19H39ClN2O6. The monoisotopic (exact) mass is 426 g/mol. The van der Waals surface area contributed by atoms with Gasteiger partial charge in [0.1, 0.15) is 24.9 Å². The van der Waals surface area contributed by atoms with Gasteiger partial charge in [0.2, 0.25) is 5.91 Å². The molecule has 1 rings (SSSR count). The molecule has 0 saturated carbocycles. The van der Waals surface area contributed by atoms with Crippen molar-refractivity contribution in [1.82, 2.24) is 10.2 Å². The van der Waals surface area contributed by atoms with Crippen LogP contribution in [0.1, 0.15) is 33.1 Å². The van der Waals surface area contributed by atoms with E-state index in [1.54, 1.807) is 4.90 Å². The number of halogens is 1. The van der Waals surface area contributed by atoms with Gasteiger partial charge in [0.25, 0.3) is 0 Å². The SMILES string of the molecule is COCC(=O)N1CCNCCCCOC[C@H](O)[C@H](O)[C@@H](OC)C1CC(C)C.Cl. The minimum absolute atomic E-state index is 0. The summed E-state index contributed by atoms with van der Waals surface area (Å²) in [6.07, 6.45) is -0.516. The van der Waals surface area contributed by atoms with Crippen molar-refractivity contribution in [2.45, 2.75) is 57.5 Å². The van der Waals surface area contributed by atoms with Gasteiger partial charge in [-0.05, 0) is 31.7 Å². The second-order valence-corrected chi connectivity index (χ2v) is 7.51. The lowest BCUT2D eigenvalue weighted by Crippen LogP contribution is -2.57. The first-order valence-electron chi connectivity index (χ1n) is 9.88. The highest BCUT2D eigenvalue weighted by Gasteiger charge is 2.38. The van der Waals surface area contributed by atoms with Crippen LogP contribution >= 0.6 is 12.4 Å². The molecule has 1 fully saturated rings. The Kier molecular flexibility index (Phi) is 15.1. The topological polar surface area (TPSA) is 100 Å².